The molecule has 2 heterocycles. The zero-order valence-corrected chi connectivity index (χ0v) is 10.4. The van der Waals surface area contributed by atoms with Gasteiger partial charge in [-0.15, -0.1) is 4.91 Å². The van der Waals surface area contributed by atoms with Crippen LogP contribution in [0, 0.1) is 4.91 Å². The molecule has 7 heteroatoms. The van der Waals surface area contributed by atoms with E-state index in [4.69, 9.17) is 4.74 Å². The lowest BCUT2D eigenvalue weighted by atomic mass is 10.2. The SMILES string of the molecule is O=NOC(=O)c1ccncc1OCCc1ccccn1. The summed E-state index contributed by atoms with van der Waals surface area (Å²) >= 11 is 0. The Labute approximate surface area is 114 Å². The number of rotatable bonds is 6. The highest BCUT2D eigenvalue weighted by Gasteiger charge is 2.14. The number of nitrogens with zero attached hydrogens (tertiary/aromatic N) is 3. The number of hydrogen-bond donors (Lipinski definition) is 0. The van der Waals surface area contributed by atoms with Crippen LogP contribution < -0.4 is 4.74 Å². The highest BCUT2D eigenvalue weighted by Crippen LogP contribution is 2.17. The van der Waals surface area contributed by atoms with Gasteiger partial charge < -0.3 is 4.74 Å². The molecule has 0 aliphatic rings. The Balaban J connectivity index is 1.99. The average Bonchev–Trinajstić information content (AvgIpc) is 2.49. The van der Waals surface area contributed by atoms with Gasteiger partial charge in [0, 0.05) is 24.5 Å². The van der Waals surface area contributed by atoms with Crippen molar-refractivity contribution in [3.8, 4) is 5.75 Å². The third-order valence-corrected chi connectivity index (χ3v) is 2.47. The highest BCUT2D eigenvalue weighted by atomic mass is 16.7. The van der Waals surface area contributed by atoms with Gasteiger partial charge in [0.2, 0.25) is 0 Å². The van der Waals surface area contributed by atoms with Gasteiger partial charge in [0.15, 0.2) is 11.1 Å². The van der Waals surface area contributed by atoms with Crippen LogP contribution in [0.2, 0.25) is 0 Å². The Morgan fingerprint density at radius 1 is 1.25 bits per heavy atom. The number of carbonyl (C=O) groups excluding carboxylic acids is 1. The molecule has 0 fully saturated rings. The van der Waals surface area contributed by atoms with Crippen LogP contribution in [0.15, 0.2) is 48.2 Å². The highest BCUT2D eigenvalue weighted by molar-refractivity contribution is 5.92. The molecule has 2 aromatic rings. The first-order chi connectivity index (χ1) is 9.81. The molecule has 0 saturated carbocycles. The van der Waals surface area contributed by atoms with Gasteiger partial charge in [-0.2, -0.15) is 0 Å². The van der Waals surface area contributed by atoms with Crippen molar-refractivity contribution in [2.24, 2.45) is 5.34 Å². The zero-order chi connectivity index (χ0) is 14.2. The Morgan fingerprint density at radius 2 is 2.15 bits per heavy atom. The summed E-state index contributed by atoms with van der Waals surface area (Å²) in [5.74, 6) is -0.646. The normalized spacial score (nSPS) is 9.80. The van der Waals surface area contributed by atoms with Gasteiger partial charge in [0.25, 0.3) is 0 Å². The maximum atomic E-state index is 11.5. The number of hydrogen-bond acceptors (Lipinski definition) is 7. The Morgan fingerprint density at radius 3 is 2.90 bits per heavy atom. The van der Waals surface area contributed by atoms with Crippen molar-refractivity contribution < 1.29 is 14.4 Å². The molecule has 20 heavy (non-hydrogen) atoms. The fourth-order valence-electron chi connectivity index (χ4n) is 1.56. The molecule has 0 aromatic carbocycles. The van der Waals surface area contributed by atoms with Gasteiger partial charge >= 0.3 is 5.97 Å². The summed E-state index contributed by atoms with van der Waals surface area (Å²) in [6, 6.07) is 6.97. The smallest absolute Gasteiger partial charge is 0.373 e. The average molecular weight is 273 g/mol. The van der Waals surface area contributed by atoms with E-state index in [1.165, 1.54) is 18.5 Å². The molecule has 0 radical (unpaired) electrons. The number of pyridine rings is 2. The largest absolute Gasteiger partial charge is 0.491 e. The van der Waals surface area contributed by atoms with Crippen LogP contribution >= 0.6 is 0 Å². The van der Waals surface area contributed by atoms with Crippen molar-refractivity contribution in [3.63, 3.8) is 0 Å². The van der Waals surface area contributed by atoms with E-state index in [0.29, 0.717) is 13.0 Å². The summed E-state index contributed by atoms with van der Waals surface area (Å²) in [5.41, 5.74) is 0.968. The first-order valence-corrected chi connectivity index (χ1v) is 5.82. The number of ether oxygens (including phenoxy) is 1. The lowest BCUT2D eigenvalue weighted by Crippen LogP contribution is -2.08. The van der Waals surface area contributed by atoms with Crippen molar-refractivity contribution in [1.82, 2.24) is 9.97 Å². The van der Waals surface area contributed by atoms with Crippen LogP contribution in [-0.2, 0) is 11.3 Å². The van der Waals surface area contributed by atoms with Gasteiger partial charge in [-0.25, -0.2) is 4.79 Å². The third kappa shape index (κ3) is 3.58. The van der Waals surface area contributed by atoms with Crippen molar-refractivity contribution in [2.45, 2.75) is 6.42 Å². The zero-order valence-electron chi connectivity index (χ0n) is 10.4. The summed E-state index contributed by atoms with van der Waals surface area (Å²) in [5, 5.41) is 2.10. The molecule has 102 valence electrons. The Hall–Kier alpha value is -2.83. The third-order valence-electron chi connectivity index (χ3n) is 2.47. The van der Waals surface area contributed by atoms with E-state index in [1.54, 1.807) is 6.20 Å². The van der Waals surface area contributed by atoms with Crippen LogP contribution in [0.1, 0.15) is 16.1 Å². The van der Waals surface area contributed by atoms with E-state index in [-0.39, 0.29) is 11.3 Å². The van der Waals surface area contributed by atoms with Gasteiger partial charge in [-0.1, -0.05) is 6.07 Å². The molecule has 0 amide bonds. The van der Waals surface area contributed by atoms with Crippen LogP contribution in [0.25, 0.3) is 0 Å². The van der Waals surface area contributed by atoms with E-state index in [0.717, 1.165) is 5.69 Å². The number of aromatic nitrogens is 2. The minimum Gasteiger partial charge on any atom is -0.491 e. The Bertz CT molecular complexity index is 589. The van der Waals surface area contributed by atoms with Crippen molar-refractivity contribution >= 4 is 5.97 Å². The first-order valence-electron chi connectivity index (χ1n) is 5.82. The van der Waals surface area contributed by atoms with Gasteiger partial charge in [0.1, 0.15) is 5.56 Å². The molecule has 0 saturated heterocycles. The quantitative estimate of drug-likeness (QED) is 0.590. The van der Waals surface area contributed by atoms with Gasteiger partial charge in [-0.05, 0) is 18.2 Å². The molecule has 2 aromatic heterocycles. The predicted molar refractivity (Wildman–Crippen MR) is 68.9 cm³/mol. The van der Waals surface area contributed by atoms with Crippen molar-refractivity contribution in [3.05, 3.63) is 59.0 Å². The maximum absolute atomic E-state index is 11.5. The molecule has 0 N–H and O–H groups in total. The monoisotopic (exact) mass is 273 g/mol. The van der Waals surface area contributed by atoms with Crippen LogP contribution in [0.3, 0.4) is 0 Å². The van der Waals surface area contributed by atoms with E-state index < -0.39 is 5.97 Å². The standard InChI is InChI=1S/C13H11N3O4/c17-13(20-16-18)11-4-7-14-9-12(11)19-8-5-10-3-1-2-6-15-10/h1-4,6-7,9H,5,8H2. The lowest BCUT2D eigenvalue weighted by Gasteiger charge is -2.08. The molecular weight excluding hydrogens is 262 g/mol. The lowest BCUT2D eigenvalue weighted by molar-refractivity contribution is 0.0503. The number of carbonyl (C=O) groups is 1. The van der Waals surface area contributed by atoms with Gasteiger partial charge in [-0.3, -0.25) is 14.8 Å². The first kappa shape index (κ1) is 13.6. The molecule has 0 atom stereocenters. The summed E-state index contributed by atoms with van der Waals surface area (Å²) < 4.78 is 5.46. The van der Waals surface area contributed by atoms with Crippen LogP contribution in [0.5, 0.6) is 5.75 Å². The minimum atomic E-state index is -0.879. The maximum Gasteiger partial charge on any atom is 0.373 e. The van der Waals surface area contributed by atoms with E-state index in [2.05, 4.69) is 20.1 Å². The molecule has 0 aliphatic heterocycles. The topological polar surface area (TPSA) is 90.7 Å². The van der Waals surface area contributed by atoms with Crippen molar-refractivity contribution in [1.29, 1.82) is 0 Å². The molecule has 0 bridgehead atoms. The van der Waals surface area contributed by atoms with Crippen LogP contribution in [0.4, 0.5) is 0 Å². The summed E-state index contributed by atoms with van der Waals surface area (Å²) in [6.07, 6.45) is 5.04. The molecule has 0 unspecified atom stereocenters. The molecular formula is C13H11N3O4. The molecule has 2 rings (SSSR count). The van der Waals surface area contributed by atoms with Gasteiger partial charge in [0.05, 0.1) is 12.8 Å². The summed E-state index contributed by atoms with van der Waals surface area (Å²) in [7, 11) is 0. The Kier molecular flexibility index (Phi) is 4.71. The minimum absolute atomic E-state index is 0.0978. The van der Waals surface area contributed by atoms with E-state index in [9.17, 15) is 9.70 Å². The van der Waals surface area contributed by atoms with Crippen molar-refractivity contribution in [2.75, 3.05) is 6.61 Å². The van der Waals surface area contributed by atoms with Crippen LogP contribution in [-0.4, -0.2) is 22.5 Å². The van der Waals surface area contributed by atoms with E-state index >= 15 is 0 Å². The fourth-order valence-corrected chi connectivity index (χ4v) is 1.56. The fraction of sp³-hybridized carbons (Fsp3) is 0.154. The molecule has 0 spiro atoms. The second-order valence-electron chi connectivity index (χ2n) is 3.74. The second kappa shape index (κ2) is 6.93. The van der Waals surface area contributed by atoms with E-state index in [1.807, 2.05) is 18.2 Å². The molecule has 0 aliphatic carbocycles. The summed E-state index contributed by atoms with van der Waals surface area (Å²) in [4.78, 5) is 33.5. The summed E-state index contributed by atoms with van der Waals surface area (Å²) in [6.45, 7) is 0.317. The molecule has 7 nitrogen and oxygen atoms in total. The second-order valence-corrected chi connectivity index (χ2v) is 3.74. The predicted octanol–water partition coefficient (Wildman–Crippen LogP) is 1.94.